The van der Waals surface area contributed by atoms with Crippen molar-refractivity contribution < 1.29 is 24.8 Å². The largest absolute Gasteiger partial charge is 3.00 e. The van der Waals surface area contributed by atoms with E-state index in [1.54, 1.807) is 12.4 Å². The van der Waals surface area contributed by atoms with Crippen molar-refractivity contribution in [2.75, 3.05) is 12.1 Å². The number of pyridine rings is 4. The Hall–Kier alpha value is -4.65. The first-order chi connectivity index (χ1) is 19.3. The van der Waals surface area contributed by atoms with Gasteiger partial charge >= 0.3 is 20.1 Å². The number of fused-ring (bicyclic) bond motifs is 14. The van der Waals surface area contributed by atoms with Gasteiger partial charge in [-0.15, -0.1) is 6.07 Å². The molecule has 0 atom stereocenters. The van der Waals surface area contributed by atoms with Crippen LogP contribution in [-0.2, 0) is 20.1 Å². The van der Waals surface area contributed by atoms with Gasteiger partial charge in [-0.1, -0.05) is 73.5 Å². The quantitative estimate of drug-likeness (QED) is 0.125. The van der Waals surface area contributed by atoms with Gasteiger partial charge in [0.2, 0.25) is 0 Å². The van der Waals surface area contributed by atoms with Crippen LogP contribution in [-0.4, -0.2) is 31.3 Å². The summed E-state index contributed by atoms with van der Waals surface area (Å²) in [7, 11) is 2.04. The number of hydrogen-bond acceptors (Lipinski definition) is 5. The molecule has 0 amide bonds. The molecule has 0 spiro atoms. The van der Waals surface area contributed by atoms with Gasteiger partial charge in [-0.05, 0) is 41.7 Å². The van der Waals surface area contributed by atoms with Crippen LogP contribution in [0, 0.1) is 19.1 Å². The average Bonchev–Trinajstić information content (AvgIpc) is 3.65. The molecule has 2 aromatic carbocycles. The van der Waals surface area contributed by atoms with Gasteiger partial charge in [0.15, 0.2) is 0 Å². The topological polar surface area (TPSA) is 53.4 Å². The van der Waals surface area contributed by atoms with Gasteiger partial charge in [0.05, 0.1) is 16.9 Å². The van der Waals surface area contributed by atoms with Crippen molar-refractivity contribution in [2.45, 2.75) is 0 Å². The molecule has 0 aliphatic carbocycles. The third kappa shape index (κ3) is 3.61. The molecule has 0 N–H and O–H groups in total. The van der Waals surface area contributed by atoms with Gasteiger partial charge in [0.1, 0.15) is 11.9 Å². The molecule has 9 rings (SSSR count). The van der Waals surface area contributed by atoms with E-state index in [1.165, 1.54) is 22.2 Å². The summed E-state index contributed by atoms with van der Waals surface area (Å²) in [6.07, 6.45) is 13.9. The maximum absolute atomic E-state index is 4.63. The van der Waals surface area contributed by atoms with Gasteiger partial charge in [-0.3, -0.25) is 9.99 Å². The van der Waals surface area contributed by atoms with E-state index < -0.39 is 0 Å². The number of rotatable bonds is 0. The molecular formula is C32H21IrN7+. The second-order valence-electron chi connectivity index (χ2n) is 9.53. The first-order valence-corrected chi connectivity index (χ1v) is 12.7. The zero-order valence-electron chi connectivity index (χ0n) is 21.4. The van der Waals surface area contributed by atoms with Crippen LogP contribution in [0.4, 0.5) is 0 Å². The Labute approximate surface area is 244 Å². The smallest absolute Gasteiger partial charge is 0.504 e. The van der Waals surface area contributed by atoms with Crippen LogP contribution in [0.5, 0.6) is 0 Å². The molecule has 0 radical (unpaired) electrons. The number of hydrogen-bond donors (Lipinski definition) is 0. The van der Waals surface area contributed by atoms with Crippen molar-refractivity contribution in [2.24, 2.45) is 0 Å². The zero-order valence-corrected chi connectivity index (χ0v) is 23.8. The van der Waals surface area contributed by atoms with Crippen molar-refractivity contribution in [3.8, 4) is 11.3 Å². The molecule has 7 aromatic rings. The van der Waals surface area contributed by atoms with E-state index in [2.05, 4.69) is 103 Å². The Morgan fingerprint density at radius 2 is 1.65 bits per heavy atom. The van der Waals surface area contributed by atoms with E-state index in [9.17, 15) is 0 Å². The Balaban J connectivity index is 0.000000131. The van der Waals surface area contributed by atoms with Crippen molar-refractivity contribution in [3.05, 3.63) is 128 Å². The van der Waals surface area contributed by atoms with Crippen molar-refractivity contribution in [3.63, 3.8) is 0 Å². The minimum atomic E-state index is 0. The molecule has 0 saturated heterocycles. The van der Waals surface area contributed by atoms with Crippen LogP contribution in [0.25, 0.3) is 55.3 Å². The molecule has 7 nitrogen and oxygen atoms in total. The molecule has 0 unspecified atom stereocenters. The Bertz CT molecular complexity index is 2100. The minimum Gasteiger partial charge on any atom is -0.504 e. The van der Waals surface area contributed by atoms with Crippen LogP contribution in [0.15, 0.2) is 104 Å². The summed E-state index contributed by atoms with van der Waals surface area (Å²) in [5, 5.41) is 6.58. The van der Waals surface area contributed by atoms with Crippen LogP contribution in [0.1, 0.15) is 5.56 Å². The molecule has 7 heterocycles. The molecule has 192 valence electrons. The van der Waals surface area contributed by atoms with E-state index in [0.29, 0.717) is 0 Å². The third-order valence-electron chi connectivity index (χ3n) is 7.20. The van der Waals surface area contributed by atoms with Gasteiger partial charge in [-0.25, -0.2) is 4.68 Å². The number of nitrogens with zero attached hydrogens (tertiary/aromatic N) is 7. The number of aromatic nitrogens is 5. The summed E-state index contributed by atoms with van der Waals surface area (Å²) in [5.74, 6) is 0. The van der Waals surface area contributed by atoms with Gasteiger partial charge < -0.3 is 19.3 Å². The minimum absolute atomic E-state index is 0. The van der Waals surface area contributed by atoms with Gasteiger partial charge in [-0.2, -0.15) is 6.07 Å². The monoisotopic (exact) mass is 696 g/mol. The molecule has 5 aromatic heterocycles. The second kappa shape index (κ2) is 9.52. The van der Waals surface area contributed by atoms with E-state index in [0.717, 1.165) is 38.7 Å². The molecule has 2 aliphatic rings. The zero-order chi connectivity index (χ0) is 25.9. The average molecular weight is 696 g/mol. The van der Waals surface area contributed by atoms with Crippen molar-refractivity contribution in [1.29, 1.82) is 0 Å². The van der Waals surface area contributed by atoms with Gasteiger partial charge in [0, 0.05) is 34.6 Å². The predicted molar refractivity (Wildman–Crippen MR) is 151 cm³/mol. The summed E-state index contributed by atoms with van der Waals surface area (Å²) in [4.78, 5) is 15.6. The summed E-state index contributed by atoms with van der Waals surface area (Å²) in [5.41, 5.74) is 7.40. The summed E-state index contributed by atoms with van der Waals surface area (Å²) >= 11 is 0. The molecule has 0 fully saturated rings. The first-order valence-electron chi connectivity index (χ1n) is 12.7. The van der Waals surface area contributed by atoms with E-state index in [1.807, 2.05) is 48.0 Å². The third-order valence-corrected chi connectivity index (χ3v) is 7.20. The van der Waals surface area contributed by atoms with Crippen LogP contribution >= 0.6 is 0 Å². The first kappa shape index (κ1) is 24.4. The van der Waals surface area contributed by atoms with E-state index in [-0.39, 0.29) is 20.1 Å². The second-order valence-corrected chi connectivity index (χ2v) is 9.53. The Morgan fingerprint density at radius 1 is 0.825 bits per heavy atom. The molecular weight excluding hydrogens is 675 g/mol. The molecule has 0 saturated carbocycles. The maximum atomic E-state index is 4.63. The van der Waals surface area contributed by atoms with Crippen molar-refractivity contribution >= 4 is 44.1 Å². The standard InChI is InChI=1S/C17H9N4.C15H12N3.Ir/c1-2-5-12-11(4-1)10-20-15-14(12)13-6-3-7-18-16(13)21-9-8-19-17(15)21;1-16-10-15-13-7-3-2-6-12(13)14-8-4-5-9-17(14)18(15)11-16;/h1-8,10H;2-8,10-11H,1H3;/q2*-1;+3. The summed E-state index contributed by atoms with van der Waals surface area (Å²) < 4.78 is 3.93. The molecule has 8 heteroatoms. The maximum Gasteiger partial charge on any atom is 3.00 e. The molecule has 2 aliphatic heterocycles. The van der Waals surface area contributed by atoms with E-state index in [4.69, 9.17) is 0 Å². The number of benzene rings is 2. The SMILES string of the molecule is CN1C=C2c3ccccc3-c3ccc[c-][n+]3N2[CH-]1.[Ir+3].[c-]1cnc2c3ncc4ccccc4c3c3cccnc3n12. The van der Waals surface area contributed by atoms with E-state index >= 15 is 0 Å². The molecule has 0 bridgehead atoms. The molecule has 40 heavy (non-hydrogen) atoms. The predicted octanol–water partition coefficient (Wildman–Crippen LogP) is 5.14. The summed E-state index contributed by atoms with van der Waals surface area (Å²) in [6, 6.07) is 26.9. The van der Waals surface area contributed by atoms with Crippen LogP contribution in [0.3, 0.4) is 0 Å². The Morgan fingerprint density at radius 3 is 2.58 bits per heavy atom. The summed E-state index contributed by atoms with van der Waals surface area (Å²) in [6.45, 7) is 2.06. The van der Waals surface area contributed by atoms with Crippen LogP contribution in [0.2, 0.25) is 0 Å². The van der Waals surface area contributed by atoms with Crippen LogP contribution < -0.4 is 9.69 Å². The van der Waals surface area contributed by atoms with Crippen molar-refractivity contribution in [1.82, 2.24) is 24.3 Å². The Kier molecular flexibility index (Phi) is 5.81. The fraction of sp³-hybridized carbons (Fsp3) is 0.0312. The van der Waals surface area contributed by atoms with Gasteiger partial charge in [0.25, 0.3) is 0 Å². The number of imidazole rings is 1. The normalized spacial score (nSPS) is 13.4. The fourth-order valence-corrected chi connectivity index (χ4v) is 5.55. The fourth-order valence-electron chi connectivity index (χ4n) is 5.55.